The van der Waals surface area contributed by atoms with Gasteiger partial charge in [0, 0.05) is 28.4 Å². The van der Waals surface area contributed by atoms with Crippen molar-refractivity contribution in [2.75, 3.05) is 10.6 Å². The third kappa shape index (κ3) is 6.44. The number of nitrogens with zero attached hydrogens (tertiary/aromatic N) is 2. The van der Waals surface area contributed by atoms with Gasteiger partial charge in [-0.25, -0.2) is 18.6 Å². The Morgan fingerprint density at radius 1 is 0.909 bits per heavy atom. The van der Waals surface area contributed by atoms with E-state index in [4.69, 9.17) is 4.74 Å². The van der Waals surface area contributed by atoms with Crippen molar-refractivity contribution >= 4 is 23.4 Å². The van der Waals surface area contributed by atoms with Crippen molar-refractivity contribution in [1.82, 2.24) is 9.71 Å². The van der Waals surface area contributed by atoms with E-state index in [9.17, 15) is 23.6 Å². The van der Waals surface area contributed by atoms with Crippen molar-refractivity contribution < 1.29 is 28.3 Å². The number of ether oxygens (including phenoxy) is 1. The number of carbonyl (C=O) groups is 2. The molecule has 0 spiro atoms. The van der Waals surface area contributed by atoms with E-state index < -0.39 is 29.4 Å². The zero-order valence-corrected chi connectivity index (χ0v) is 25.6. The van der Waals surface area contributed by atoms with Crippen LogP contribution < -0.4 is 10.6 Å². The van der Waals surface area contributed by atoms with Crippen LogP contribution in [-0.4, -0.2) is 32.5 Å². The van der Waals surface area contributed by atoms with Gasteiger partial charge in [-0.3, -0.25) is 10.1 Å². The number of aromatic nitrogens is 2. The molecule has 8 nitrogen and oxygen atoms in total. The fourth-order valence-corrected chi connectivity index (χ4v) is 5.31. The van der Waals surface area contributed by atoms with E-state index >= 15 is 0 Å². The molecule has 4 aromatic rings. The molecule has 0 atom stereocenters. The second-order valence-electron chi connectivity index (χ2n) is 12.3. The Labute approximate surface area is 255 Å². The molecule has 3 N–H and O–H groups in total. The third-order valence-electron chi connectivity index (χ3n) is 7.45. The highest BCUT2D eigenvalue weighted by atomic mass is 19.3. The summed E-state index contributed by atoms with van der Waals surface area (Å²) in [5, 5.41) is 16.6. The fraction of sp³-hybridized carbons (Fsp3) is 0.324. The molecule has 10 heteroatoms. The first-order valence-electron chi connectivity index (χ1n) is 14.4. The standard InChI is InChI=1S/C34H36F2N4O4/c1-19-9-7-10-20(2)28(19)22-15-23(17-27(16-22)39-32(42)44-33(4,5)6)30-37-21(3)29(40(30)43)31(41)38-26-12-8-11-25(18-26)34(35,36)24-13-14-24/h7-12,15-18,24,43H,13-14H2,1-6H3,(H,38,41)(H,39,42). The third-order valence-corrected chi connectivity index (χ3v) is 7.45. The highest BCUT2D eigenvalue weighted by Crippen LogP contribution is 2.50. The number of hydrogen-bond donors (Lipinski definition) is 3. The van der Waals surface area contributed by atoms with E-state index in [1.807, 2.05) is 38.1 Å². The number of aryl methyl sites for hydroxylation is 3. The van der Waals surface area contributed by atoms with Crippen molar-refractivity contribution in [2.45, 2.75) is 65.9 Å². The monoisotopic (exact) mass is 602 g/mol. The molecule has 0 bridgehead atoms. The maximum atomic E-state index is 14.7. The number of halogens is 2. The van der Waals surface area contributed by atoms with Crippen LogP contribution in [0.1, 0.15) is 66.5 Å². The lowest BCUT2D eigenvalue weighted by atomic mass is 9.94. The number of carbonyl (C=O) groups excluding carboxylic acids is 2. The molecule has 1 aromatic heterocycles. The average Bonchev–Trinajstić information content (AvgIpc) is 3.73. The van der Waals surface area contributed by atoms with Crippen LogP contribution in [-0.2, 0) is 10.7 Å². The van der Waals surface area contributed by atoms with Crippen LogP contribution in [0.2, 0.25) is 0 Å². The van der Waals surface area contributed by atoms with E-state index in [1.165, 1.54) is 24.3 Å². The lowest BCUT2D eigenvalue weighted by Gasteiger charge is -2.20. The molecule has 44 heavy (non-hydrogen) atoms. The molecule has 1 aliphatic rings. The van der Waals surface area contributed by atoms with Gasteiger partial charge in [0.1, 0.15) is 5.60 Å². The van der Waals surface area contributed by atoms with E-state index in [1.54, 1.807) is 39.8 Å². The van der Waals surface area contributed by atoms with Gasteiger partial charge < -0.3 is 15.3 Å². The molecule has 1 fully saturated rings. The highest BCUT2D eigenvalue weighted by molar-refractivity contribution is 6.04. The fourth-order valence-electron chi connectivity index (χ4n) is 5.31. The summed E-state index contributed by atoms with van der Waals surface area (Å²) >= 11 is 0. The Balaban J connectivity index is 1.51. The van der Waals surface area contributed by atoms with Crippen LogP contribution in [0.4, 0.5) is 25.0 Å². The summed E-state index contributed by atoms with van der Waals surface area (Å²) in [5.41, 5.74) is 3.88. The van der Waals surface area contributed by atoms with Crippen LogP contribution in [0.5, 0.6) is 0 Å². The van der Waals surface area contributed by atoms with Crippen LogP contribution in [0.3, 0.4) is 0 Å². The van der Waals surface area contributed by atoms with Gasteiger partial charge in [-0.1, -0.05) is 30.3 Å². The van der Waals surface area contributed by atoms with Crippen molar-refractivity contribution in [3.05, 3.63) is 88.7 Å². The van der Waals surface area contributed by atoms with Gasteiger partial charge in [0.15, 0.2) is 11.5 Å². The molecule has 0 unspecified atom stereocenters. The minimum absolute atomic E-state index is 0.0574. The molecule has 0 radical (unpaired) electrons. The van der Waals surface area contributed by atoms with E-state index in [-0.39, 0.29) is 28.5 Å². The minimum atomic E-state index is -2.98. The average molecular weight is 603 g/mol. The number of imidazole rings is 1. The number of benzene rings is 3. The quantitative estimate of drug-likeness (QED) is 0.184. The molecule has 2 amide bonds. The predicted octanol–water partition coefficient (Wildman–Crippen LogP) is 8.48. The number of hydrogen-bond acceptors (Lipinski definition) is 5. The largest absolute Gasteiger partial charge is 0.444 e. The molecule has 1 aliphatic carbocycles. The van der Waals surface area contributed by atoms with Crippen LogP contribution in [0, 0.1) is 26.7 Å². The first-order valence-corrected chi connectivity index (χ1v) is 14.4. The number of rotatable bonds is 7. The van der Waals surface area contributed by atoms with Gasteiger partial charge >= 0.3 is 6.09 Å². The number of amides is 2. The lowest BCUT2D eigenvalue weighted by molar-refractivity contribution is -0.0285. The van der Waals surface area contributed by atoms with Gasteiger partial charge in [0.2, 0.25) is 0 Å². The second-order valence-corrected chi connectivity index (χ2v) is 12.3. The number of anilines is 2. The normalized spacial score (nSPS) is 13.5. The zero-order valence-electron chi connectivity index (χ0n) is 25.6. The Bertz CT molecular complexity index is 1730. The summed E-state index contributed by atoms with van der Waals surface area (Å²) in [5.74, 6) is -4.32. The summed E-state index contributed by atoms with van der Waals surface area (Å²) in [7, 11) is 0. The van der Waals surface area contributed by atoms with Crippen LogP contribution >= 0.6 is 0 Å². The van der Waals surface area contributed by atoms with Crippen molar-refractivity contribution in [3.63, 3.8) is 0 Å². The minimum Gasteiger partial charge on any atom is -0.444 e. The van der Waals surface area contributed by atoms with Crippen LogP contribution in [0.25, 0.3) is 22.5 Å². The number of nitrogens with one attached hydrogen (secondary N) is 2. The summed E-state index contributed by atoms with van der Waals surface area (Å²) in [6.45, 7) is 10.8. The number of alkyl halides is 2. The van der Waals surface area contributed by atoms with E-state index in [2.05, 4.69) is 15.6 Å². The van der Waals surface area contributed by atoms with Crippen molar-refractivity contribution in [2.24, 2.45) is 5.92 Å². The molecule has 230 valence electrons. The molecular formula is C34H36F2N4O4. The Hall–Kier alpha value is -4.73. The summed E-state index contributed by atoms with van der Waals surface area (Å²) in [6, 6.07) is 16.7. The molecule has 0 aliphatic heterocycles. The maximum absolute atomic E-state index is 14.7. The molecule has 3 aromatic carbocycles. The van der Waals surface area contributed by atoms with Gasteiger partial charge in [-0.15, -0.1) is 0 Å². The summed E-state index contributed by atoms with van der Waals surface area (Å²) in [6.07, 6.45) is 0.282. The molecule has 5 rings (SSSR count). The van der Waals surface area contributed by atoms with E-state index in [0.717, 1.165) is 22.3 Å². The zero-order chi connectivity index (χ0) is 32.0. The van der Waals surface area contributed by atoms with Gasteiger partial charge in [0.25, 0.3) is 11.8 Å². The molecule has 0 saturated heterocycles. The van der Waals surface area contributed by atoms with Gasteiger partial charge in [-0.2, -0.15) is 4.73 Å². The predicted molar refractivity (Wildman–Crippen MR) is 165 cm³/mol. The molecule has 1 heterocycles. The van der Waals surface area contributed by atoms with E-state index in [0.29, 0.717) is 28.8 Å². The summed E-state index contributed by atoms with van der Waals surface area (Å²) < 4.78 is 35.5. The SMILES string of the molecule is Cc1cccc(C)c1-c1cc(NC(=O)OC(C)(C)C)cc(-c2nc(C)c(C(=O)Nc3cccc(C(F)(F)C4CC4)c3)n2O)c1. The van der Waals surface area contributed by atoms with Crippen LogP contribution in [0.15, 0.2) is 60.7 Å². The van der Waals surface area contributed by atoms with Gasteiger partial charge in [0.05, 0.1) is 5.69 Å². The molecule has 1 saturated carbocycles. The topological polar surface area (TPSA) is 105 Å². The van der Waals surface area contributed by atoms with Gasteiger partial charge in [-0.05, 0) is 107 Å². The highest BCUT2D eigenvalue weighted by Gasteiger charge is 2.48. The Kier molecular flexibility index (Phi) is 7.96. The van der Waals surface area contributed by atoms with Crippen molar-refractivity contribution in [1.29, 1.82) is 0 Å². The maximum Gasteiger partial charge on any atom is 0.412 e. The first-order chi connectivity index (χ1) is 20.6. The Morgan fingerprint density at radius 2 is 1.55 bits per heavy atom. The first kappa shape index (κ1) is 30.7. The molecular weight excluding hydrogens is 566 g/mol. The summed E-state index contributed by atoms with van der Waals surface area (Å²) in [4.78, 5) is 30.5. The lowest BCUT2D eigenvalue weighted by Crippen LogP contribution is -2.27. The Morgan fingerprint density at radius 3 is 2.18 bits per heavy atom. The second kappa shape index (κ2) is 11.4. The smallest absolute Gasteiger partial charge is 0.412 e. The van der Waals surface area contributed by atoms with Crippen molar-refractivity contribution in [3.8, 4) is 22.5 Å².